The Kier molecular flexibility index (Phi) is 18.9. The SMILES string of the molecule is CSC=CCC/C(C)=C/CC/C(C)=C/CC/C=C(\C)CC/C=C(\C)CCC=C(C)C. The second-order valence-corrected chi connectivity index (χ2v) is 9.57. The fourth-order valence-electron chi connectivity index (χ4n) is 3.22. The largest absolute Gasteiger partial charge is 0.138 e. The summed E-state index contributed by atoms with van der Waals surface area (Å²) in [7, 11) is 0. The second-order valence-electron chi connectivity index (χ2n) is 8.82. The number of unbranched alkanes of at least 4 members (excludes halogenated alkanes) is 1. The molecule has 0 nitrogen and oxygen atoms in total. The molecule has 0 aromatic rings. The van der Waals surface area contributed by atoms with E-state index in [0.29, 0.717) is 0 Å². The fourth-order valence-corrected chi connectivity index (χ4v) is 3.55. The Balaban J connectivity index is 4.02. The van der Waals surface area contributed by atoms with Gasteiger partial charge in [0.05, 0.1) is 0 Å². The van der Waals surface area contributed by atoms with Gasteiger partial charge in [0.25, 0.3) is 0 Å². The van der Waals surface area contributed by atoms with Gasteiger partial charge in [-0.15, -0.1) is 11.8 Å². The number of rotatable bonds is 16. The van der Waals surface area contributed by atoms with Crippen LogP contribution < -0.4 is 0 Å². The van der Waals surface area contributed by atoms with E-state index in [0.717, 1.165) is 6.42 Å². The molecule has 0 fully saturated rings. The van der Waals surface area contributed by atoms with E-state index in [-0.39, 0.29) is 0 Å². The van der Waals surface area contributed by atoms with Crippen molar-refractivity contribution < 1.29 is 0 Å². The first-order valence-corrected chi connectivity index (χ1v) is 13.1. The van der Waals surface area contributed by atoms with Crippen LogP contribution in [-0.2, 0) is 0 Å². The molecule has 0 bridgehead atoms. The lowest BCUT2D eigenvalue weighted by Gasteiger charge is -2.02. The van der Waals surface area contributed by atoms with Crippen molar-refractivity contribution in [1.82, 2.24) is 0 Å². The molecule has 0 heterocycles. The summed E-state index contributed by atoms with van der Waals surface area (Å²) < 4.78 is 0. The summed E-state index contributed by atoms with van der Waals surface area (Å²) in [6.45, 7) is 13.4. The molecule has 0 saturated heterocycles. The maximum absolute atomic E-state index is 2.43. The van der Waals surface area contributed by atoms with E-state index < -0.39 is 0 Å². The van der Waals surface area contributed by atoms with E-state index >= 15 is 0 Å². The highest BCUT2D eigenvalue weighted by molar-refractivity contribution is 8.01. The molecule has 170 valence electrons. The molecule has 0 aromatic carbocycles. The quantitative estimate of drug-likeness (QED) is 0.174. The maximum atomic E-state index is 2.43. The van der Waals surface area contributed by atoms with E-state index in [4.69, 9.17) is 0 Å². The predicted molar refractivity (Wildman–Crippen MR) is 143 cm³/mol. The van der Waals surface area contributed by atoms with Crippen molar-refractivity contribution in [3.63, 3.8) is 0 Å². The van der Waals surface area contributed by atoms with Gasteiger partial charge in [-0.2, -0.15) is 0 Å². The fraction of sp³-hybridized carbons (Fsp3) is 0.586. The van der Waals surface area contributed by atoms with Crippen molar-refractivity contribution in [1.29, 1.82) is 0 Å². The molecule has 0 amide bonds. The molecule has 1 heteroatoms. The minimum absolute atomic E-state index is 1.16. The Labute approximate surface area is 193 Å². The number of hydrogen-bond acceptors (Lipinski definition) is 1. The number of hydrogen-bond donors (Lipinski definition) is 0. The smallest absolute Gasteiger partial charge is 0.0142 e. The van der Waals surface area contributed by atoms with E-state index in [1.54, 1.807) is 11.8 Å². The number of thioether (sulfide) groups is 1. The van der Waals surface area contributed by atoms with E-state index in [9.17, 15) is 0 Å². The van der Waals surface area contributed by atoms with Crippen molar-refractivity contribution in [3.8, 4) is 0 Å². The molecule has 0 spiro atoms. The molecule has 0 rings (SSSR count). The summed E-state index contributed by atoms with van der Waals surface area (Å²) in [5, 5.41) is 2.18. The Bertz CT molecular complexity index is 619. The van der Waals surface area contributed by atoms with Crippen molar-refractivity contribution in [2.24, 2.45) is 0 Å². The Morgan fingerprint density at radius 2 is 0.867 bits per heavy atom. The molecule has 30 heavy (non-hydrogen) atoms. The average molecular weight is 429 g/mol. The molecule has 0 N–H and O–H groups in total. The lowest BCUT2D eigenvalue weighted by molar-refractivity contribution is 0.897. The normalized spacial score (nSPS) is 14.0. The van der Waals surface area contributed by atoms with Gasteiger partial charge in [-0.3, -0.25) is 0 Å². The lowest BCUT2D eigenvalue weighted by Crippen LogP contribution is -1.82. The third-order valence-electron chi connectivity index (χ3n) is 5.24. The highest BCUT2D eigenvalue weighted by Gasteiger charge is 1.94. The molecule has 0 unspecified atom stereocenters. The van der Waals surface area contributed by atoms with Crippen LogP contribution >= 0.6 is 11.8 Å². The maximum Gasteiger partial charge on any atom is -0.0142 e. The molecule has 0 radical (unpaired) electrons. The highest BCUT2D eigenvalue weighted by Crippen LogP contribution is 2.14. The highest BCUT2D eigenvalue weighted by atomic mass is 32.2. The van der Waals surface area contributed by atoms with Crippen molar-refractivity contribution in [3.05, 3.63) is 69.7 Å². The van der Waals surface area contributed by atoms with Gasteiger partial charge in [-0.05, 0) is 117 Å². The third-order valence-corrected chi connectivity index (χ3v) is 5.71. The van der Waals surface area contributed by atoms with Crippen LogP contribution in [0.15, 0.2) is 69.7 Å². The van der Waals surface area contributed by atoms with Gasteiger partial charge in [-0.25, -0.2) is 0 Å². The minimum Gasteiger partial charge on any atom is -0.138 e. The number of allylic oxidation sites excluding steroid dienone is 11. The van der Waals surface area contributed by atoms with Crippen molar-refractivity contribution in [2.45, 2.75) is 106 Å². The zero-order valence-corrected chi connectivity index (χ0v) is 21.8. The summed E-state index contributed by atoms with van der Waals surface area (Å²) in [5.74, 6) is 0. The zero-order valence-electron chi connectivity index (χ0n) is 21.0. The Morgan fingerprint density at radius 1 is 0.500 bits per heavy atom. The van der Waals surface area contributed by atoms with Gasteiger partial charge in [0, 0.05) is 0 Å². The second kappa shape index (κ2) is 19.7. The molecule has 0 aliphatic heterocycles. The van der Waals surface area contributed by atoms with Crippen molar-refractivity contribution >= 4 is 11.8 Å². The first-order chi connectivity index (χ1) is 14.3. The van der Waals surface area contributed by atoms with Gasteiger partial charge in [0.2, 0.25) is 0 Å². The predicted octanol–water partition coefficient (Wildman–Crippen LogP) is 10.5. The van der Waals surface area contributed by atoms with Crippen LogP contribution in [0.3, 0.4) is 0 Å². The summed E-state index contributed by atoms with van der Waals surface area (Å²) in [5.41, 5.74) is 7.53. The van der Waals surface area contributed by atoms with Crippen LogP contribution in [0.25, 0.3) is 0 Å². The zero-order chi connectivity index (χ0) is 22.6. The standard InChI is InChI=1S/C29H48S/c1-25(2)15-12-19-29(6)23-14-21-27(4)17-9-8-16-26(3)20-13-22-28(5)18-10-11-24-30-7/h11,15-17,22-24H,8-10,12-14,18-21H2,1-7H3/b24-11?,26-16+,27-17+,28-22+,29-23+. The average Bonchev–Trinajstić information content (AvgIpc) is 2.68. The molecule has 0 atom stereocenters. The Morgan fingerprint density at radius 3 is 1.27 bits per heavy atom. The monoisotopic (exact) mass is 428 g/mol. The van der Waals surface area contributed by atoms with Gasteiger partial charge in [0.15, 0.2) is 0 Å². The lowest BCUT2D eigenvalue weighted by atomic mass is 10.0. The van der Waals surface area contributed by atoms with Crippen LogP contribution in [0.4, 0.5) is 0 Å². The van der Waals surface area contributed by atoms with E-state index in [2.05, 4.69) is 89.7 Å². The minimum atomic E-state index is 1.16. The topological polar surface area (TPSA) is 0 Å². The van der Waals surface area contributed by atoms with Gasteiger partial charge in [-0.1, -0.05) is 64.3 Å². The summed E-state index contributed by atoms with van der Waals surface area (Å²) in [6.07, 6.45) is 28.2. The summed E-state index contributed by atoms with van der Waals surface area (Å²) in [6, 6.07) is 0. The van der Waals surface area contributed by atoms with Crippen LogP contribution in [0, 0.1) is 0 Å². The molecular formula is C29H48S. The van der Waals surface area contributed by atoms with Crippen LogP contribution in [0.1, 0.15) is 106 Å². The van der Waals surface area contributed by atoms with Crippen LogP contribution in [0.2, 0.25) is 0 Å². The van der Waals surface area contributed by atoms with Gasteiger partial charge < -0.3 is 0 Å². The Hall–Kier alpha value is -1.21. The van der Waals surface area contributed by atoms with Gasteiger partial charge >= 0.3 is 0 Å². The molecular weight excluding hydrogens is 380 g/mol. The molecule has 0 saturated carbocycles. The first-order valence-electron chi connectivity index (χ1n) is 11.8. The van der Waals surface area contributed by atoms with Crippen molar-refractivity contribution in [2.75, 3.05) is 6.26 Å². The molecule has 0 aliphatic rings. The molecule has 0 aromatic heterocycles. The van der Waals surface area contributed by atoms with E-state index in [1.807, 2.05) is 0 Å². The molecule has 0 aliphatic carbocycles. The van der Waals surface area contributed by atoms with Gasteiger partial charge in [0.1, 0.15) is 0 Å². The summed E-state index contributed by atoms with van der Waals surface area (Å²) in [4.78, 5) is 0. The summed E-state index contributed by atoms with van der Waals surface area (Å²) >= 11 is 1.78. The first kappa shape index (κ1) is 28.8. The van der Waals surface area contributed by atoms with Crippen LogP contribution in [0.5, 0.6) is 0 Å². The third kappa shape index (κ3) is 20.1. The van der Waals surface area contributed by atoms with E-state index in [1.165, 1.54) is 85.7 Å². The van der Waals surface area contributed by atoms with Crippen LogP contribution in [-0.4, -0.2) is 6.26 Å².